The van der Waals surface area contributed by atoms with E-state index in [1.165, 1.54) is 13.8 Å². The number of rotatable bonds is 3. The van der Waals surface area contributed by atoms with Gasteiger partial charge in [-0.3, -0.25) is 4.79 Å². The SMILES string of the molecule is Cc1noc(C)c1S(=O)(=O)NC(=O)C1CC(C)(C)Oc2ccccc21. The standard InChI is InChI=1S/C17H20N2O5S/c1-10-15(11(2)24-18-10)25(21,22)19-16(20)13-9-17(3,4)23-14-8-6-5-7-12(13)14/h5-8,13H,9H2,1-4H3,(H,19,20). The van der Waals surface area contributed by atoms with Crippen molar-refractivity contribution in [3.05, 3.63) is 41.3 Å². The summed E-state index contributed by atoms with van der Waals surface area (Å²) in [5, 5.41) is 3.64. The van der Waals surface area contributed by atoms with E-state index in [0.29, 0.717) is 17.7 Å². The Hall–Kier alpha value is -2.35. The smallest absolute Gasteiger partial charge is 0.269 e. The minimum atomic E-state index is -4.06. The van der Waals surface area contributed by atoms with Gasteiger partial charge in [-0.1, -0.05) is 23.4 Å². The second-order valence-electron chi connectivity index (χ2n) is 6.78. The average molecular weight is 364 g/mol. The Morgan fingerprint density at radius 3 is 2.60 bits per heavy atom. The quantitative estimate of drug-likeness (QED) is 0.898. The molecule has 7 nitrogen and oxygen atoms in total. The maximum absolute atomic E-state index is 12.8. The van der Waals surface area contributed by atoms with Crippen LogP contribution in [0.3, 0.4) is 0 Å². The molecule has 1 amide bonds. The van der Waals surface area contributed by atoms with Crippen LogP contribution in [0.4, 0.5) is 0 Å². The number of aromatic nitrogens is 1. The van der Waals surface area contributed by atoms with Crippen LogP contribution >= 0.6 is 0 Å². The van der Waals surface area contributed by atoms with Gasteiger partial charge in [0.05, 0.1) is 5.92 Å². The molecule has 2 aromatic rings. The van der Waals surface area contributed by atoms with E-state index in [0.717, 1.165) is 0 Å². The first kappa shape index (κ1) is 17.5. The number of sulfonamides is 1. The first-order chi connectivity index (χ1) is 11.6. The van der Waals surface area contributed by atoms with Crippen LogP contribution in [0.15, 0.2) is 33.7 Å². The highest BCUT2D eigenvalue weighted by Gasteiger charge is 2.39. The normalized spacial score (nSPS) is 19.0. The molecule has 1 unspecified atom stereocenters. The van der Waals surface area contributed by atoms with Gasteiger partial charge in [-0.2, -0.15) is 0 Å². The number of nitrogens with one attached hydrogen (secondary N) is 1. The lowest BCUT2D eigenvalue weighted by Crippen LogP contribution is -2.42. The predicted molar refractivity (Wildman–Crippen MR) is 89.8 cm³/mol. The first-order valence-corrected chi connectivity index (χ1v) is 9.36. The summed E-state index contributed by atoms with van der Waals surface area (Å²) in [4.78, 5) is 12.7. The highest BCUT2D eigenvalue weighted by Crippen LogP contribution is 2.40. The van der Waals surface area contributed by atoms with E-state index in [2.05, 4.69) is 9.88 Å². The second kappa shape index (κ2) is 5.87. The molecule has 1 N–H and O–H groups in total. The lowest BCUT2D eigenvalue weighted by atomic mass is 9.84. The van der Waals surface area contributed by atoms with E-state index in [9.17, 15) is 13.2 Å². The Morgan fingerprint density at radius 1 is 1.28 bits per heavy atom. The molecule has 0 fully saturated rings. The first-order valence-electron chi connectivity index (χ1n) is 7.88. The Bertz CT molecular complexity index is 911. The van der Waals surface area contributed by atoms with E-state index in [1.54, 1.807) is 18.2 Å². The Kier molecular flexibility index (Phi) is 4.10. The lowest BCUT2D eigenvalue weighted by Gasteiger charge is -2.36. The summed E-state index contributed by atoms with van der Waals surface area (Å²) in [5.74, 6) is -0.488. The van der Waals surface area contributed by atoms with Gasteiger partial charge < -0.3 is 9.26 Å². The third-order valence-corrected chi connectivity index (χ3v) is 5.75. The largest absolute Gasteiger partial charge is 0.488 e. The molecule has 1 aliphatic heterocycles. The molecule has 1 aromatic heterocycles. The number of amides is 1. The van der Waals surface area contributed by atoms with Crippen LogP contribution in [0, 0.1) is 13.8 Å². The van der Waals surface area contributed by atoms with Gasteiger partial charge in [-0.15, -0.1) is 0 Å². The van der Waals surface area contributed by atoms with Crippen molar-refractivity contribution in [3.8, 4) is 5.75 Å². The zero-order valence-electron chi connectivity index (χ0n) is 14.5. The van der Waals surface area contributed by atoms with Crippen LogP contribution in [-0.2, 0) is 14.8 Å². The number of nitrogens with zero attached hydrogens (tertiary/aromatic N) is 1. The highest BCUT2D eigenvalue weighted by atomic mass is 32.2. The molecule has 2 heterocycles. The van der Waals surface area contributed by atoms with Crippen LogP contribution in [0.25, 0.3) is 0 Å². The summed E-state index contributed by atoms with van der Waals surface area (Å²) >= 11 is 0. The number of carbonyl (C=O) groups excluding carboxylic acids is 1. The van der Waals surface area contributed by atoms with Crippen molar-refractivity contribution in [2.75, 3.05) is 0 Å². The van der Waals surface area contributed by atoms with Crippen LogP contribution in [-0.4, -0.2) is 25.1 Å². The molecule has 134 valence electrons. The van der Waals surface area contributed by atoms with Crippen LogP contribution in [0.1, 0.15) is 43.2 Å². The van der Waals surface area contributed by atoms with Crippen LogP contribution < -0.4 is 9.46 Å². The van der Waals surface area contributed by atoms with Crippen molar-refractivity contribution in [2.45, 2.75) is 50.5 Å². The molecule has 1 aliphatic rings. The maximum atomic E-state index is 12.8. The summed E-state index contributed by atoms with van der Waals surface area (Å²) in [6.07, 6.45) is 0.368. The Balaban J connectivity index is 1.94. The number of ether oxygens (including phenoxy) is 1. The fourth-order valence-electron chi connectivity index (χ4n) is 3.15. The van der Waals surface area contributed by atoms with E-state index in [-0.39, 0.29) is 16.3 Å². The molecular formula is C17H20N2O5S. The molecule has 0 radical (unpaired) electrons. The summed E-state index contributed by atoms with van der Waals surface area (Å²) in [6.45, 7) is 6.74. The Labute approximate surface area is 146 Å². The Morgan fingerprint density at radius 2 is 1.96 bits per heavy atom. The van der Waals surface area contributed by atoms with E-state index in [1.807, 2.05) is 19.9 Å². The van der Waals surface area contributed by atoms with Crippen molar-refractivity contribution < 1.29 is 22.5 Å². The van der Waals surface area contributed by atoms with Gasteiger partial charge in [0.2, 0.25) is 5.91 Å². The molecule has 1 aromatic carbocycles. The maximum Gasteiger partial charge on any atom is 0.269 e. The average Bonchev–Trinajstić information content (AvgIpc) is 2.84. The third-order valence-electron chi connectivity index (χ3n) is 4.16. The minimum absolute atomic E-state index is 0.0968. The zero-order valence-corrected chi connectivity index (χ0v) is 15.3. The van der Waals surface area contributed by atoms with Gasteiger partial charge in [-0.25, -0.2) is 13.1 Å². The molecule has 25 heavy (non-hydrogen) atoms. The molecular weight excluding hydrogens is 344 g/mol. The summed E-state index contributed by atoms with van der Waals surface area (Å²) in [5.41, 5.74) is 0.308. The van der Waals surface area contributed by atoms with Gasteiger partial charge in [0, 0.05) is 12.0 Å². The van der Waals surface area contributed by atoms with Gasteiger partial charge in [0.15, 0.2) is 10.7 Å². The molecule has 8 heteroatoms. The second-order valence-corrected chi connectivity index (χ2v) is 8.40. The van der Waals surface area contributed by atoms with Gasteiger partial charge >= 0.3 is 0 Å². The zero-order chi connectivity index (χ0) is 18.4. The fourth-order valence-corrected chi connectivity index (χ4v) is 4.50. The number of hydrogen-bond acceptors (Lipinski definition) is 6. The summed E-state index contributed by atoms with van der Waals surface area (Å²) in [6, 6.07) is 7.16. The van der Waals surface area contributed by atoms with Gasteiger partial charge in [0.25, 0.3) is 10.0 Å². The predicted octanol–water partition coefficient (Wildman–Crippen LogP) is 2.44. The fraction of sp³-hybridized carbons (Fsp3) is 0.412. The molecule has 0 spiro atoms. The number of benzene rings is 1. The molecule has 0 saturated carbocycles. The topological polar surface area (TPSA) is 98.5 Å². The number of carbonyl (C=O) groups is 1. The van der Waals surface area contributed by atoms with Crippen LogP contribution in [0.2, 0.25) is 0 Å². The molecule has 0 bridgehead atoms. The highest BCUT2D eigenvalue weighted by molar-refractivity contribution is 7.90. The lowest BCUT2D eigenvalue weighted by molar-refractivity contribution is -0.122. The minimum Gasteiger partial charge on any atom is -0.488 e. The van der Waals surface area contributed by atoms with E-state index in [4.69, 9.17) is 9.26 Å². The van der Waals surface area contributed by atoms with Crippen molar-refractivity contribution in [2.24, 2.45) is 0 Å². The van der Waals surface area contributed by atoms with Crippen LogP contribution in [0.5, 0.6) is 5.75 Å². The summed E-state index contributed by atoms with van der Waals surface area (Å²) < 4.78 is 38.1. The molecule has 0 aliphatic carbocycles. The van der Waals surface area contributed by atoms with Gasteiger partial charge in [0.1, 0.15) is 17.0 Å². The van der Waals surface area contributed by atoms with Crippen molar-refractivity contribution >= 4 is 15.9 Å². The van der Waals surface area contributed by atoms with E-state index >= 15 is 0 Å². The number of aryl methyl sites for hydroxylation is 2. The van der Waals surface area contributed by atoms with Crippen molar-refractivity contribution in [3.63, 3.8) is 0 Å². The number of fused-ring (bicyclic) bond motifs is 1. The number of hydrogen-bond donors (Lipinski definition) is 1. The third kappa shape index (κ3) is 3.26. The monoisotopic (exact) mass is 364 g/mol. The van der Waals surface area contributed by atoms with Crippen molar-refractivity contribution in [1.29, 1.82) is 0 Å². The summed E-state index contributed by atoms with van der Waals surface area (Å²) in [7, 11) is -4.06. The molecule has 1 atom stereocenters. The van der Waals surface area contributed by atoms with Crippen molar-refractivity contribution in [1.82, 2.24) is 9.88 Å². The molecule has 0 saturated heterocycles. The van der Waals surface area contributed by atoms with E-state index < -0.39 is 27.4 Å². The van der Waals surface area contributed by atoms with Gasteiger partial charge in [-0.05, 0) is 33.8 Å². The number of para-hydroxylation sites is 1. The molecule has 3 rings (SSSR count).